The van der Waals surface area contributed by atoms with E-state index in [0.717, 1.165) is 37.5 Å². The minimum Gasteiger partial charge on any atom is -0.379 e. The number of nitrogens with zero attached hydrogens (tertiary/aromatic N) is 2. The summed E-state index contributed by atoms with van der Waals surface area (Å²) in [5, 5.41) is 6.59. The maximum atomic E-state index is 13.9. The second kappa shape index (κ2) is 10.2. The molecule has 0 aromatic heterocycles. The molecule has 146 valence electrons. The molecule has 1 saturated carbocycles. The Morgan fingerprint density at radius 2 is 2.12 bits per heavy atom. The molecule has 1 heterocycles. The average molecular weight is 480 g/mol. The molecule has 0 amide bonds. The van der Waals surface area contributed by atoms with Crippen LogP contribution in [0.4, 0.5) is 14.5 Å². The Morgan fingerprint density at radius 1 is 1.31 bits per heavy atom. The number of anilines is 1. The molecule has 1 aromatic rings. The zero-order valence-electron chi connectivity index (χ0n) is 15.0. The van der Waals surface area contributed by atoms with E-state index in [4.69, 9.17) is 4.74 Å². The van der Waals surface area contributed by atoms with Gasteiger partial charge in [0.05, 0.1) is 12.3 Å². The van der Waals surface area contributed by atoms with Gasteiger partial charge in [0.25, 0.3) is 0 Å². The van der Waals surface area contributed by atoms with Crippen LogP contribution in [0.15, 0.2) is 23.2 Å². The lowest BCUT2D eigenvalue weighted by Gasteiger charge is -2.21. The van der Waals surface area contributed by atoms with Crippen LogP contribution in [0.5, 0.6) is 0 Å². The first-order valence-corrected chi connectivity index (χ1v) is 8.90. The minimum absolute atomic E-state index is 0. The Hall–Kier alpha value is -1.16. The second-order valence-corrected chi connectivity index (χ2v) is 6.69. The Labute approximate surface area is 170 Å². The zero-order valence-corrected chi connectivity index (χ0v) is 17.3. The van der Waals surface area contributed by atoms with E-state index in [1.54, 1.807) is 7.05 Å². The van der Waals surface area contributed by atoms with Gasteiger partial charge in [-0.2, -0.15) is 0 Å². The van der Waals surface area contributed by atoms with Gasteiger partial charge in [-0.15, -0.1) is 24.0 Å². The molecule has 1 aliphatic carbocycles. The Morgan fingerprint density at radius 3 is 2.81 bits per heavy atom. The molecule has 8 heteroatoms. The third-order valence-electron chi connectivity index (χ3n) is 4.59. The molecule has 2 aliphatic rings. The third kappa shape index (κ3) is 6.22. The Kier molecular flexibility index (Phi) is 8.33. The molecule has 1 atom stereocenters. The van der Waals surface area contributed by atoms with Gasteiger partial charge in [-0.25, -0.2) is 8.78 Å². The van der Waals surface area contributed by atoms with Crippen molar-refractivity contribution in [3.63, 3.8) is 0 Å². The molecule has 2 fully saturated rings. The van der Waals surface area contributed by atoms with Gasteiger partial charge in [-0.1, -0.05) is 0 Å². The lowest BCUT2D eigenvalue weighted by atomic mass is 10.2. The van der Waals surface area contributed by atoms with Crippen LogP contribution in [0.1, 0.15) is 19.3 Å². The predicted molar refractivity (Wildman–Crippen MR) is 110 cm³/mol. The highest BCUT2D eigenvalue weighted by Gasteiger charge is 2.25. The molecule has 1 aliphatic heterocycles. The van der Waals surface area contributed by atoms with Crippen molar-refractivity contribution in [3.05, 3.63) is 29.8 Å². The summed E-state index contributed by atoms with van der Waals surface area (Å²) in [6.07, 6.45) is 3.46. The van der Waals surface area contributed by atoms with Gasteiger partial charge >= 0.3 is 0 Å². The van der Waals surface area contributed by atoms with Crippen molar-refractivity contribution in [1.29, 1.82) is 0 Å². The standard InChI is InChI=1S/C18H26F2N4O.HI/c1-21-18(22-7-9-25-12-13-2-3-13)23-15-6-8-24(11-15)17-5-4-14(19)10-16(17)20;/h4-5,10,13,15H,2-3,6-9,11-12H2,1H3,(H2,21,22,23);1H. The molecule has 0 spiro atoms. The summed E-state index contributed by atoms with van der Waals surface area (Å²) in [4.78, 5) is 6.15. The molecule has 0 radical (unpaired) electrons. The molecule has 1 aromatic carbocycles. The normalized spacial score (nSPS) is 20.0. The molecule has 5 nitrogen and oxygen atoms in total. The van der Waals surface area contributed by atoms with Crippen LogP contribution in [0, 0.1) is 17.6 Å². The summed E-state index contributed by atoms with van der Waals surface area (Å²) in [6.45, 7) is 3.60. The summed E-state index contributed by atoms with van der Waals surface area (Å²) < 4.78 is 32.5. The number of aliphatic imine (C=N–C) groups is 1. The van der Waals surface area contributed by atoms with Crippen molar-refractivity contribution in [3.8, 4) is 0 Å². The molecule has 1 saturated heterocycles. The number of hydrogen-bond donors (Lipinski definition) is 2. The Balaban J connectivity index is 0.00000243. The van der Waals surface area contributed by atoms with E-state index in [0.29, 0.717) is 25.4 Å². The summed E-state index contributed by atoms with van der Waals surface area (Å²) in [5.41, 5.74) is 0.446. The first-order chi connectivity index (χ1) is 12.2. The van der Waals surface area contributed by atoms with Gasteiger partial charge in [0.1, 0.15) is 11.6 Å². The van der Waals surface area contributed by atoms with E-state index in [2.05, 4.69) is 15.6 Å². The number of rotatable bonds is 7. The van der Waals surface area contributed by atoms with Gasteiger partial charge in [0.15, 0.2) is 5.96 Å². The van der Waals surface area contributed by atoms with Crippen molar-refractivity contribution >= 4 is 35.6 Å². The highest BCUT2D eigenvalue weighted by atomic mass is 127. The van der Waals surface area contributed by atoms with Gasteiger partial charge in [-0.3, -0.25) is 4.99 Å². The number of hydrogen-bond acceptors (Lipinski definition) is 3. The number of halogens is 3. The highest BCUT2D eigenvalue weighted by Crippen LogP contribution is 2.28. The van der Waals surface area contributed by atoms with E-state index in [-0.39, 0.29) is 30.0 Å². The fraction of sp³-hybridized carbons (Fsp3) is 0.611. The van der Waals surface area contributed by atoms with E-state index in [1.807, 2.05) is 4.90 Å². The van der Waals surface area contributed by atoms with Gasteiger partial charge in [0, 0.05) is 45.4 Å². The number of ether oxygens (including phenoxy) is 1. The predicted octanol–water partition coefficient (Wildman–Crippen LogP) is 2.75. The number of guanidine groups is 1. The number of benzene rings is 1. The maximum absolute atomic E-state index is 13.9. The van der Waals surface area contributed by atoms with Gasteiger partial charge in [0.2, 0.25) is 0 Å². The maximum Gasteiger partial charge on any atom is 0.191 e. The average Bonchev–Trinajstić information content (AvgIpc) is 3.31. The van der Waals surface area contributed by atoms with E-state index >= 15 is 0 Å². The van der Waals surface area contributed by atoms with Crippen LogP contribution >= 0.6 is 24.0 Å². The summed E-state index contributed by atoms with van der Waals surface area (Å²) >= 11 is 0. The summed E-state index contributed by atoms with van der Waals surface area (Å²) in [7, 11) is 1.73. The van der Waals surface area contributed by atoms with Crippen LogP contribution in [-0.2, 0) is 4.74 Å². The van der Waals surface area contributed by atoms with Gasteiger partial charge < -0.3 is 20.3 Å². The van der Waals surface area contributed by atoms with Crippen LogP contribution in [0.3, 0.4) is 0 Å². The molecule has 2 N–H and O–H groups in total. The quantitative estimate of drug-likeness (QED) is 0.273. The largest absolute Gasteiger partial charge is 0.379 e. The topological polar surface area (TPSA) is 48.9 Å². The summed E-state index contributed by atoms with van der Waals surface area (Å²) in [6, 6.07) is 3.89. The fourth-order valence-corrected chi connectivity index (χ4v) is 3.00. The molecule has 0 bridgehead atoms. The summed E-state index contributed by atoms with van der Waals surface area (Å²) in [5.74, 6) is 0.426. The zero-order chi connectivity index (χ0) is 17.6. The van der Waals surface area contributed by atoms with Crippen LogP contribution in [0.2, 0.25) is 0 Å². The number of nitrogens with one attached hydrogen (secondary N) is 2. The van der Waals surface area contributed by atoms with Crippen molar-refractivity contribution in [2.75, 3.05) is 44.8 Å². The Bertz CT molecular complexity index is 613. The van der Waals surface area contributed by atoms with E-state index in [9.17, 15) is 8.78 Å². The van der Waals surface area contributed by atoms with Crippen LogP contribution in [-0.4, -0.2) is 51.9 Å². The first-order valence-electron chi connectivity index (χ1n) is 8.90. The van der Waals surface area contributed by atoms with Gasteiger partial charge in [-0.05, 0) is 37.3 Å². The lowest BCUT2D eigenvalue weighted by molar-refractivity contribution is 0.129. The van der Waals surface area contributed by atoms with Crippen LogP contribution < -0.4 is 15.5 Å². The first kappa shape index (κ1) is 21.1. The third-order valence-corrected chi connectivity index (χ3v) is 4.59. The smallest absolute Gasteiger partial charge is 0.191 e. The molecular weight excluding hydrogens is 453 g/mol. The van der Waals surface area contributed by atoms with Crippen molar-refractivity contribution in [2.24, 2.45) is 10.9 Å². The minimum atomic E-state index is -0.552. The monoisotopic (exact) mass is 480 g/mol. The fourth-order valence-electron chi connectivity index (χ4n) is 3.00. The molecule has 1 unspecified atom stereocenters. The van der Waals surface area contributed by atoms with E-state index < -0.39 is 11.6 Å². The molecule has 26 heavy (non-hydrogen) atoms. The SMILES string of the molecule is CN=C(NCCOCC1CC1)NC1CCN(c2ccc(F)cc2F)C1.I. The lowest BCUT2D eigenvalue weighted by Crippen LogP contribution is -2.45. The van der Waals surface area contributed by atoms with E-state index in [1.165, 1.54) is 25.0 Å². The molecule has 3 rings (SSSR count). The second-order valence-electron chi connectivity index (χ2n) is 6.69. The molecular formula is C18H27F2IN4O. The highest BCUT2D eigenvalue weighted by molar-refractivity contribution is 14.0. The van der Waals surface area contributed by atoms with Crippen LogP contribution in [0.25, 0.3) is 0 Å². The van der Waals surface area contributed by atoms with Crippen molar-refractivity contribution in [2.45, 2.75) is 25.3 Å². The van der Waals surface area contributed by atoms with Crippen molar-refractivity contribution in [1.82, 2.24) is 10.6 Å². The van der Waals surface area contributed by atoms with Crippen molar-refractivity contribution < 1.29 is 13.5 Å².